The molecule has 30 heavy (non-hydrogen) atoms. The maximum atomic E-state index is 12.5. The summed E-state index contributed by atoms with van der Waals surface area (Å²) in [6.07, 6.45) is -0.0705. The summed E-state index contributed by atoms with van der Waals surface area (Å²) in [5.41, 5.74) is 0.655. The zero-order valence-corrected chi connectivity index (χ0v) is 16.2. The SMILES string of the molecule is C[C@@H](NC(=O)Cc1n[nH]c(=O)c2ccccc12)C(=O)Nc1ccc2c(c1)OCCO2. The Morgan fingerprint density at radius 1 is 1.10 bits per heavy atom. The van der Waals surface area contributed by atoms with Crippen molar-refractivity contribution in [1.82, 2.24) is 15.5 Å². The molecule has 1 aliphatic rings. The molecule has 1 aliphatic heterocycles. The lowest BCUT2D eigenvalue weighted by Gasteiger charge is -2.19. The van der Waals surface area contributed by atoms with Gasteiger partial charge in [0.05, 0.1) is 17.5 Å². The van der Waals surface area contributed by atoms with Crippen molar-refractivity contribution in [2.45, 2.75) is 19.4 Å². The topological polar surface area (TPSA) is 122 Å². The summed E-state index contributed by atoms with van der Waals surface area (Å²) in [5.74, 6) is 0.428. The van der Waals surface area contributed by atoms with Crippen molar-refractivity contribution in [3.63, 3.8) is 0 Å². The van der Waals surface area contributed by atoms with E-state index in [2.05, 4.69) is 20.8 Å². The highest BCUT2D eigenvalue weighted by Gasteiger charge is 2.19. The van der Waals surface area contributed by atoms with Crippen LogP contribution in [-0.4, -0.2) is 41.3 Å². The summed E-state index contributed by atoms with van der Waals surface area (Å²) in [6, 6.07) is 11.2. The lowest BCUT2D eigenvalue weighted by Crippen LogP contribution is -2.42. The van der Waals surface area contributed by atoms with Crippen LogP contribution >= 0.6 is 0 Å². The second-order valence-electron chi connectivity index (χ2n) is 6.86. The molecule has 9 nitrogen and oxygen atoms in total. The van der Waals surface area contributed by atoms with Crippen molar-refractivity contribution in [2.24, 2.45) is 0 Å². The fourth-order valence-electron chi connectivity index (χ4n) is 3.19. The van der Waals surface area contributed by atoms with Gasteiger partial charge in [0, 0.05) is 17.1 Å². The molecule has 1 atom stereocenters. The van der Waals surface area contributed by atoms with Gasteiger partial charge in [0.2, 0.25) is 11.8 Å². The molecule has 2 aromatic carbocycles. The lowest BCUT2D eigenvalue weighted by atomic mass is 10.1. The van der Waals surface area contributed by atoms with E-state index in [0.29, 0.717) is 46.9 Å². The summed E-state index contributed by atoms with van der Waals surface area (Å²) in [5, 5.41) is 12.8. The van der Waals surface area contributed by atoms with Crippen LogP contribution in [0, 0.1) is 0 Å². The van der Waals surface area contributed by atoms with Gasteiger partial charge >= 0.3 is 0 Å². The van der Waals surface area contributed by atoms with Gasteiger partial charge in [-0.25, -0.2) is 5.10 Å². The van der Waals surface area contributed by atoms with Gasteiger partial charge in [-0.2, -0.15) is 5.10 Å². The number of rotatable bonds is 5. The highest BCUT2D eigenvalue weighted by molar-refractivity contribution is 5.97. The van der Waals surface area contributed by atoms with Gasteiger partial charge in [-0.1, -0.05) is 18.2 Å². The number of aromatic nitrogens is 2. The first-order valence-electron chi connectivity index (χ1n) is 9.47. The molecule has 2 heterocycles. The Labute approximate surface area is 171 Å². The number of aromatic amines is 1. The van der Waals surface area contributed by atoms with Crippen LogP contribution in [0.2, 0.25) is 0 Å². The molecule has 1 aromatic heterocycles. The second-order valence-corrected chi connectivity index (χ2v) is 6.86. The average Bonchev–Trinajstić information content (AvgIpc) is 2.75. The van der Waals surface area contributed by atoms with Crippen LogP contribution in [0.15, 0.2) is 47.3 Å². The van der Waals surface area contributed by atoms with Crippen LogP contribution in [0.1, 0.15) is 12.6 Å². The molecular weight excluding hydrogens is 388 g/mol. The largest absolute Gasteiger partial charge is 0.486 e. The van der Waals surface area contributed by atoms with Crippen LogP contribution in [0.4, 0.5) is 5.69 Å². The van der Waals surface area contributed by atoms with E-state index < -0.39 is 6.04 Å². The number of benzene rings is 2. The number of anilines is 1. The first-order valence-corrected chi connectivity index (χ1v) is 9.47. The van der Waals surface area contributed by atoms with Crippen LogP contribution in [0.25, 0.3) is 10.8 Å². The van der Waals surface area contributed by atoms with Gasteiger partial charge < -0.3 is 20.1 Å². The monoisotopic (exact) mass is 408 g/mol. The van der Waals surface area contributed by atoms with Crippen LogP contribution in [0.3, 0.4) is 0 Å². The Morgan fingerprint density at radius 3 is 2.63 bits per heavy atom. The fourth-order valence-corrected chi connectivity index (χ4v) is 3.19. The molecule has 0 saturated heterocycles. The third kappa shape index (κ3) is 4.09. The van der Waals surface area contributed by atoms with Crippen molar-refractivity contribution >= 4 is 28.3 Å². The molecule has 0 aliphatic carbocycles. The molecular formula is C21H20N4O5. The minimum Gasteiger partial charge on any atom is -0.486 e. The summed E-state index contributed by atoms with van der Waals surface area (Å²) in [7, 11) is 0. The molecule has 0 bridgehead atoms. The minimum absolute atomic E-state index is 0.0705. The highest BCUT2D eigenvalue weighted by atomic mass is 16.6. The molecule has 0 spiro atoms. The van der Waals surface area contributed by atoms with E-state index in [0.717, 1.165) is 0 Å². The number of hydrogen-bond donors (Lipinski definition) is 3. The number of nitrogens with zero attached hydrogens (tertiary/aromatic N) is 1. The molecule has 0 fully saturated rings. The van der Waals surface area contributed by atoms with Gasteiger partial charge in [0.25, 0.3) is 5.56 Å². The van der Waals surface area contributed by atoms with Gasteiger partial charge in [0.15, 0.2) is 11.5 Å². The van der Waals surface area contributed by atoms with Crippen molar-refractivity contribution in [2.75, 3.05) is 18.5 Å². The maximum Gasteiger partial charge on any atom is 0.272 e. The quantitative estimate of drug-likeness (QED) is 0.586. The highest BCUT2D eigenvalue weighted by Crippen LogP contribution is 2.32. The van der Waals surface area contributed by atoms with E-state index in [4.69, 9.17) is 9.47 Å². The first-order chi connectivity index (χ1) is 14.5. The Hall–Kier alpha value is -3.88. The minimum atomic E-state index is -0.778. The summed E-state index contributed by atoms with van der Waals surface area (Å²) >= 11 is 0. The smallest absolute Gasteiger partial charge is 0.272 e. The zero-order chi connectivity index (χ0) is 21.1. The maximum absolute atomic E-state index is 12.5. The number of nitrogens with one attached hydrogen (secondary N) is 3. The van der Waals surface area contributed by atoms with Gasteiger partial charge in [0.1, 0.15) is 19.3 Å². The summed E-state index contributed by atoms with van der Waals surface area (Å²) in [4.78, 5) is 36.8. The number of carbonyl (C=O) groups excluding carboxylic acids is 2. The van der Waals surface area contributed by atoms with Gasteiger partial charge in [-0.05, 0) is 25.1 Å². The van der Waals surface area contributed by atoms with E-state index in [1.54, 1.807) is 49.4 Å². The summed E-state index contributed by atoms with van der Waals surface area (Å²) < 4.78 is 11.0. The third-order valence-electron chi connectivity index (χ3n) is 4.68. The number of amides is 2. The van der Waals surface area contributed by atoms with E-state index in [1.807, 2.05) is 0 Å². The predicted octanol–water partition coefficient (Wildman–Crippen LogP) is 1.38. The fraction of sp³-hybridized carbons (Fsp3) is 0.238. The molecule has 3 N–H and O–H groups in total. The van der Waals surface area contributed by atoms with Gasteiger partial charge in [-0.3, -0.25) is 14.4 Å². The number of carbonyl (C=O) groups is 2. The first kappa shape index (κ1) is 19.4. The van der Waals surface area contributed by atoms with E-state index >= 15 is 0 Å². The molecule has 0 radical (unpaired) electrons. The van der Waals surface area contributed by atoms with Crippen molar-refractivity contribution < 1.29 is 19.1 Å². The normalized spacial score (nSPS) is 13.5. The average molecular weight is 408 g/mol. The molecule has 9 heteroatoms. The van der Waals surface area contributed by atoms with Crippen molar-refractivity contribution in [3.8, 4) is 11.5 Å². The third-order valence-corrected chi connectivity index (χ3v) is 4.68. The van der Waals surface area contributed by atoms with Crippen LogP contribution < -0.4 is 25.7 Å². The standard InChI is InChI=1S/C21H20N4O5/c1-12(20(27)23-13-6-7-17-18(10-13)30-9-8-29-17)22-19(26)11-16-14-4-2-3-5-15(14)21(28)25-24-16/h2-7,10,12H,8-9,11H2,1H3,(H,22,26)(H,23,27)(H,25,28)/t12-/m1/s1. The van der Waals surface area contributed by atoms with E-state index in [-0.39, 0.29) is 23.8 Å². The molecule has 4 rings (SSSR count). The van der Waals surface area contributed by atoms with E-state index in [1.165, 1.54) is 0 Å². The van der Waals surface area contributed by atoms with Crippen LogP contribution in [-0.2, 0) is 16.0 Å². The molecule has 3 aromatic rings. The number of hydrogen-bond acceptors (Lipinski definition) is 6. The molecule has 0 unspecified atom stereocenters. The Bertz CT molecular complexity index is 1170. The molecule has 154 valence electrons. The van der Waals surface area contributed by atoms with E-state index in [9.17, 15) is 14.4 Å². The van der Waals surface area contributed by atoms with Crippen LogP contribution in [0.5, 0.6) is 11.5 Å². The Kier molecular flexibility index (Phi) is 5.34. The number of ether oxygens (including phenoxy) is 2. The zero-order valence-electron chi connectivity index (χ0n) is 16.2. The summed E-state index contributed by atoms with van der Waals surface area (Å²) in [6.45, 7) is 2.52. The second kappa shape index (κ2) is 8.24. The Balaban J connectivity index is 1.39. The van der Waals surface area contributed by atoms with Gasteiger partial charge in [-0.15, -0.1) is 0 Å². The Morgan fingerprint density at radius 2 is 1.83 bits per heavy atom. The van der Waals surface area contributed by atoms with Crippen molar-refractivity contribution in [3.05, 3.63) is 58.5 Å². The van der Waals surface area contributed by atoms with Crippen molar-refractivity contribution in [1.29, 1.82) is 0 Å². The molecule has 2 amide bonds. The molecule has 0 saturated carbocycles. The number of H-pyrrole nitrogens is 1. The lowest BCUT2D eigenvalue weighted by molar-refractivity contribution is -0.125. The predicted molar refractivity (Wildman–Crippen MR) is 110 cm³/mol. The number of fused-ring (bicyclic) bond motifs is 2.